The van der Waals surface area contributed by atoms with Gasteiger partial charge in [-0.25, -0.2) is 4.99 Å². The number of benzene rings is 1. The Hall–Kier alpha value is -1.30. The van der Waals surface area contributed by atoms with Crippen molar-refractivity contribution in [3.63, 3.8) is 0 Å². The van der Waals surface area contributed by atoms with Gasteiger partial charge < -0.3 is 15.5 Å². The van der Waals surface area contributed by atoms with Crippen LogP contribution >= 0.6 is 11.6 Å². The van der Waals surface area contributed by atoms with E-state index in [0.717, 1.165) is 55.8 Å². The molecule has 1 aliphatic rings. The number of hydrogen-bond acceptors (Lipinski definition) is 3. The summed E-state index contributed by atoms with van der Waals surface area (Å²) in [4.78, 5) is 9.74. The molecule has 1 saturated heterocycles. The van der Waals surface area contributed by atoms with Crippen LogP contribution in [0.15, 0.2) is 29.3 Å². The van der Waals surface area contributed by atoms with E-state index in [1.807, 2.05) is 24.3 Å². The molecule has 0 amide bonds. The van der Waals surface area contributed by atoms with Crippen LogP contribution in [0.5, 0.6) is 0 Å². The van der Waals surface area contributed by atoms with Crippen molar-refractivity contribution in [3.05, 3.63) is 34.9 Å². The summed E-state index contributed by atoms with van der Waals surface area (Å²) < 4.78 is 0. The molecule has 1 unspecified atom stereocenters. The number of halogens is 1. The fourth-order valence-electron chi connectivity index (χ4n) is 3.24. The number of piperazine rings is 1. The zero-order valence-corrected chi connectivity index (χ0v) is 17.4. The van der Waals surface area contributed by atoms with Crippen molar-refractivity contribution in [1.82, 2.24) is 20.4 Å². The minimum Gasteiger partial charge on any atom is -0.357 e. The van der Waals surface area contributed by atoms with Gasteiger partial charge in [-0.05, 0) is 37.6 Å². The molecule has 2 rings (SSSR count). The molecule has 1 heterocycles. The van der Waals surface area contributed by atoms with Crippen LogP contribution in [0.2, 0.25) is 5.02 Å². The lowest BCUT2D eigenvalue weighted by molar-refractivity contribution is 0.0900. The summed E-state index contributed by atoms with van der Waals surface area (Å²) in [5.41, 5.74) is 1.16. The number of likely N-dealkylation sites (N-methyl/N-ethyl adjacent to an activating group) is 1. The maximum absolute atomic E-state index is 5.95. The van der Waals surface area contributed by atoms with E-state index in [1.54, 1.807) is 0 Å². The fourth-order valence-corrected chi connectivity index (χ4v) is 3.37. The maximum atomic E-state index is 5.95. The third-order valence-corrected chi connectivity index (χ3v) is 5.18. The zero-order valence-electron chi connectivity index (χ0n) is 16.6. The van der Waals surface area contributed by atoms with Gasteiger partial charge in [0.05, 0.1) is 6.54 Å². The van der Waals surface area contributed by atoms with Crippen molar-refractivity contribution < 1.29 is 0 Å². The molecule has 1 aromatic carbocycles. The first-order valence-electron chi connectivity index (χ1n) is 9.68. The molecule has 2 N–H and O–H groups in total. The minimum absolute atomic E-state index is 0.517. The number of nitrogens with one attached hydrogen (secondary N) is 2. The van der Waals surface area contributed by atoms with Crippen molar-refractivity contribution >= 4 is 17.6 Å². The molecule has 0 spiro atoms. The van der Waals surface area contributed by atoms with E-state index >= 15 is 0 Å². The molecule has 1 aromatic rings. The van der Waals surface area contributed by atoms with Gasteiger partial charge in [-0.2, -0.15) is 0 Å². The molecule has 5 nitrogen and oxygen atoms in total. The van der Waals surface area contributed by atoms with Gasteiger partial charge >= 0.3 is 0 Å². The van der Waals surface area contributed by atoms with Gasteiger partial charge in [0, 0.05) is 50.3 Å². The first-order valence-corrected chi connectivity index (χ1v) is 10.1. The second kappa shape index (κ2) is 10.8. The molecule has 0 bridgehead atoms. The van der Waals surface area contributed by atoms with E-state index in [0.29, 0.717) is 18.5 Å². The molecule has 26 heavy (non-hydrogen) atoms. The molecule has 1 fully saturated rings. The molecular weight excluding hydrogens is 346 g/mol. The van der Waals surface area contributed by atoms with Crippen molar-refractivity contribution in [2.75, 3.05) is 46.3 Å². The maximum Gasteiger partial charge on any atom is 0.191 e. The lowest BCUT2D eigenvalue weighted by Crippen LogP contribution is -2.55. The Labute approximate surface area is 163 Å². The monoisotopic (exact) mass is 379 g/mol. The molecule has 6 heteroatoms. The summed E-state index contributed by atoms with van der Waals surface area (Å²) in [6.07, 6.45) is 0. The molecule has 146 valence electrons. The van der Waals surface area contributed by atoms with Crippen molar-refractivity contribution in [2.24, 2.45) is 10.9 Å². The molecule has 1 aliphatic heterocycles. The number of hydrogen-bond donors (Lipinski definition) is 2. The Bertz CT molecular complexity index is 550. The lowest BCUT2D eigenvalue weighted by Gasteiger charge is -2.40. The van der Waals surface area contributed by atoms with Gasteiger partial charge in [0.1, 0.15) is 0 Å². The summed E-state index contributed by atoms with van der Waals surface area (Å²) in [6, 6.07) is 8.39. The topological polar surface area (TPSA) is 42.9 Å². The number of nitrogens with zero attached hydrogens (tertiary/aromatic N) is 3. The average Bonchev–Trinajstić information content (AvgIpc) is 2.62. The highest BCUT2D eigenvalue weighted by Gasteiger charge is 2.24. The number of rotatable bonds is 7. The van der Waals surface area contributed by atoms with E-state index in [9.17, 15) is 0 Å². The fraction of sp³-hybridized carbons (Fsp3) is 0.650. The van der Waals surface area contributed by atoms with Crippen LogP contribution in [-0.4, -0.2) is 68.1 Å². The number of guanidine groups is 1. The van der Waals surface area contributed by atoms with Gasteiger partial charge in [-0.1, -0.05) is 37.6 Å². The first kappa shape index (κ1) is 21.0. The highest BCUT2D eigenvalue weighted by molar-refractivity contribution is 6.30. The van der Waals surface area contributed by atoms with Crippen molar-refractivity contribution in [1.29, 1.82) is 0 Å². The van der Waals surface area contributed by atoms with Gasteiger partial charge in [0.25, 0.3) is 0 Å². The SMILES string of the molecule is CCNC(=NCc1ccc(Cl)cc1)NCC(C(C)C)N1CCN(C)CC1. The normalized spacial score (nSPS) is 18.2. The first-order chi connectivity index (χ1) is 12.5. The second-order valence-corrected chi connectivity index (χ2v) is 7.79. The standard InChI is InChI=1S/C20H34ClN5/c1-5-22-20(23-14-17-6-8-18(21)9-7-17)24-15-19(16(2)3)26-12-10-25(4)11-13-26/h6-9,16,19H,5,10-15H2,1-4H3,(H2,22,23,24). The highest BCUT2D eigenvalue weighted by Crippen LogP contribution is 2.13. The summed E-state index contributed by atoms with van der Waals surface area (Å²) in [6.45, 7) is 13.7. The zero-order chi connectivity index (χ0) is 18.9. The van der Waals surface area contributed by atoms with Gasteiger partial charge in [-0.15, -0.1) is 0 Å². The smallest absolute Gasteiger partial charge is 0.191 e. The van der Waals surface area contributed by atoms with E-state index in [-0.39, 0.29) is 0 Å². The third-order valence-electron chi connectivity index (χ3n) is 4.93. The average molecular weight is 380 g/mol. The Kier molecular flexibility index (Phi) is 8.69. The summed E-state index contributed by atoms with van der Waals surface area (Å²) in [5, 5.41) is 7.66. The predicted octanol–water partition coefficient (Wildman–Crippen LogP) is 2.67. The van der Waals surface area contributed by atoms with Crippen LogP contribution in [0, 0.1) is 5.92 Å². The number of aliphatic imine (C=N–C) groups is 1. The van der Waals surface area contributed by atoms with Crippen molar-refractivity contribution in [2.45, 2.75) is 33.4 Å². The third kappa shape index (κ3) is 6.78. The Morgan fingerprint density at radius 1 is 1.12 bits per heavy atom. The van der Waals surface area contributed by atoms with Crippen LogP contribution in [0.1, 0.15) is 26.3 Å². The second-order valence-electron chi connectivity index (χ2n) is 7.35. The Morgan fingerprint density at radius 3 is 2.35 bits per heavy atom. The predicted molar refractivity (Wildman–Crippen MR) is 112 cm³/mol. The minimum atomic E-state index is 0.517. The highest BCUT2D eigenvalue weighted by atomic mass is 35.5. The van der Waals surface area contributed by atoms with E-state index in [2.05, 4.69) is 48.3 Å². The largest absolute Gasteiger partial charge is 0.357 e. The van der Waals surface area contributed by atoms with Gasteiger partial charge in [0.2, 0.25) is 0 Å². The van der Waals surface area contributed by atoms with Gasteiger partial charge in [-0.3, -0.25) is 4.90 Å². The van der Waals surface area contributed by atoms with Crippen LogP contribution in [0.25, 0.3) is 0 Å². The molecule has 0 aliphatic carbocycles. The van der Waals surface area contributed by atoms with Crippen LogP contribution in [0.4, 0.5) is 0 Å². The molecule has 0 aromatic heterocycles. The summed E-state index contributed by atoms with van der Waals surface area (Å²) in [5.74, 6) is 1.48. The van der Waals surface area contributed by atoms with Gasteiger partial charge in [0.15, 0.2) is 5.96 Å². The van der Waals surface area contributed by atoms with E-state index in [1.165, 1.54) is 0 Å². The lowest BCUT2D eigenvalue weighted by atomic mass is 10.0. The Morgan fingerprint density at radius 2 is 1.77 bits per heavy atom. The van der Waals surface area contributed by atoms with Crippen LogP contribution < -0.4 is 10.6 Å². The summed E-state index contributed by atoms with van der Waals surface area (Å²) >= 11 is 5.95. The van der Waals surface area contributed by atoms with Crippen LogP contribution in [-0.2, 0) is 6.54 Å². The molecule has 0 saturated carbocycles. The van der Waals surface area contributed by atoms with E-state index < -0.39 is 0 Å². The molecule has 1 atom stereocenters. The molecular formula is C20H34ClN5. The molecule has 0 radical (unpaired) electrons. The van der Waals surface area contributed by atoms with E-state index in [4.69, 9.17) is 16.6 Å². The van der Waals surface area contributed by atoms with Crippen LogP contribution in [0.3, 0.4) is 0 Å². The Balaban J connectivity index is 1.93. The quantitative estimate of drug-likeness (QED) is 0.564. The summed E-state index contributed by atoms with van der Waals surface area (Å²) in [7, 11) is 2.20. The van der Waals surface area contributed by atoms with Crippen molar-refractivity contribution in [3.8, 4) is 0 Å².